The Morgan fingerprint density at radius 1 is 1.02 bits per heavy atom. The topological polar surface area (TPSA) is 129 Å². The molecule has 1 unspecified atom stereocenters. The first kappa shape index (κ1) is 35.2. The quantitative estimate of drug-likeness (QED) is 0.105. The van der Waals surface area contributed by atoms with Crippen molar-refractivity contribution >= 4 is 29.5 Å². The van der Waals surface area contributed by atoms with Gasteiger partial charge in [-0.15, -0.1) is 5.06 Å². The summed E-state index contributed by atoms with van der Waals surface area (Å²) in [6.07, 6.45) is 2.24. The number of hydroxylamine groups is 2. The molecule has 256 valence electrons. The minimum atomic E-state index is -1.00. The Bertz CT molecular complexity index is 1890. The fraction of sp³-hybridized carbons (Fsp3) is 0.270. The lowest BCUT2D eigenvalue weighted by Crippen LogP contribution is -2.43. The van der Waals surface area contributed by atoms with Gasteiger partial charge >= 0.3 is 5.97 Å². The number of nitrogens with one attached hydrogen (secondary N) is 1. The number of ether oxygens (including phenoxy) is 4. The summed E-state index contributed by atoms with van der Waals surface area (Å²) in [5.41, 5.74) is 6.39. The second-order valence-electron chi connectivity index (χ2n) is 11.3. The molecule has 1 aliphatic heterocycles. The Kier molecular flexibility index (Phi) is 11.0. The van der Waals surface area contributed by atoms with Gasteiger partial charge in [-0.1, -0.05) is 42.5 Å². The molecule has 0 aliphatic carbocycles. The minimum absolute atomic E-state index is 0.150. The van der Waals surface area contributed by atoms with Gasteiger partial charge < -0.3 is 34.2 Å². The molecule has 11 nitrogen and oxygen atoms in total. The van der Waals surface area contributed by atoms with Gasteiger partial charge in [-0.05, 0) is 59.9 Å². The number of anilines is 1. The SMILES string of the molecule is COC(=O)C(CO)N1Cc2ccc(/C(F)=C/c3cccc(-c4cccc(NC(=O)c5cc(OC)c(C(OC)OC)cn5)c4C)c3C)cc2O1. The molecule has 0 spiro atoms. The lowest BCUT2D eigenvalue weighted by molar-refractivity contribution is -0.165. The zero-order valence-corrected chi connectivity index (χ0v) is 28.1. The van der Waals surface area contributed by atoms with Crippen LogP contribution in [0.4, 0.5) is 10.1 Å². The van der Waals surface area contributed by atoms with E-state index in [2.05, 4.69) is 10.3 Å². The summed E-state index contributed by atoms with van der Waals surface area (Å²) in [4.78, 5) is 35.4. The molecular formula is C37H38FN3O8. The van der Waals surface area contributed by atoms with E-state index in [1.165, 1.54) is 51.8 Å². The molecule has 0 fully saturated rings. The molecular weight excluding hydrogens is 633 g/mol. The second-order valence-corrected chi connectivity index (χ2v) is 11.3. The third-order valence-corrected chi connectivity index (χ3v) is 8.44. The van der Waals surface area contributed by atoms with Crippen molar-refractivity contribution in [1.29, 1.82) is 0 Å². The lowest BCUT2D eigenvalue weighted by Gasteiger charge is -2.21. The van der Waals surface area contributed by atoms with Crippen LogP contribution in [0.2, 0.25) is 0 Å². The van der Waals surface area contributed by atoms with Gasteiger partial charge in [-0.25, -0.2) is 4.39 Å². The van der Waals surface area contributed by atoms with E-state index in [0.29, 0.717) is 33.9 Å². The number of pyridine rings is 1. The number of methoxy groups -OCH3 is 4. The molecule has 5 rings (SSSR count). The number of aliphatic hydroxyl groups is 1. The number of amides is 1. The summed E-state index contributed by atoms with van der Waals surface area (Å²) in [5, 5.41) is 13.9. The van der Waals surface area contributed by atoms with Gasteiger partial charge in [0.25, 0.3) is 5.91 Å². The molecule has 0 saturated heterocycles. The van der Waals surface area contributed by atoms with E-state index in [0.717, 1.165) is 27.8 Å². The van der Waals surface area contributed by atoms with Crippen molar-refractivity contribution < 1.29 is 42.9 Å². The van der Waals surface area contributed by atoms with Gasteiger partial charge in [0, 0.05) is 43.3 Å². The highest BCUT2D eigenvalue weighted by atomic mass is 19.1. The van der Waals surface area contributed by atoms with Crippen LogP contribution in [0.15, 0.2) is 66.9 Å². The predicted octanol–water partition coefficient (Wildman–Crippen LogP) is 6.03. The van der Waals surface area contributed by atoms with Crippen LogP contribution in [0.1, 0.15) is 50.2 Å². The van der Waals surface area contributed by atoms with Crippen LogP contribution < -0.4 is 14.9 Å². The highest BCUT2D eigenvalue weighted by Crippen LogP contribution is 2.36. The van der Waals surface area contributed by atoms with Crippen molar-refractivity contribution in [2.24, 2.45) is 0 Å². The molecule has 2 heterocycles. The Morgan fingerprint density at radius 2 is 1.73 bits per heavy atom. The van der Waals surface area contributed by atoms with Gasteiger partial charge in [0.05, 0.1) is 32.9 Å². The molecule has 1 aliphatic rings. The number of hydrogen-bond donors (Lipinski definition) is 2. The van der Waals surface area contributed by atoms with E-state index in [-0.39, 0.29) is 12.2 Å². The van der Waals surface area contributed by atoms with Crippen molar-refractivity contribution in [3.63, 3.8) is 0 Å². The number of carbonyl (C=O) groups is 2. The number of fused-ring (bicyclic) bond motifs is 1. The number of carbonyl (C=O) groups excluding carboxylic acids is 2. The summed E-state index contributed by atoms with van der Waals surface area (Å²) in [5.74, 6) is -0.749. The molecule has 1 amide bonds. The maximum absolute atomic E-state index is 15.7. The summed E-state index contributed by atoms with van der Waals surface area (Å²) in [7, 11) is 5.72. The molecule has 4 aromatic rings. The van der Waals surface area contributed by atoms with Gasteiger partial charge in [0.1, 0.15) is 17.3 Å². The number of nitrogens with zero attached hydrogens (tertiary/aromatic N) is 2. The fourth-order valence-corrected chi connectivity index (χ4v) is 5.68. The summed E-state index contributed by atoms with van der Waals surface area (Å²) in [6.45, 7) is 3.57. The lowest BCUT2D eigenvalue weighted by atomic mass is 9.92. The standard InChI is InChI=1S/C37H38FN3O8/c1-21-23(15-29(38)24-13-14-25-19-41(49-33(25)16-24)32(20-42)36(44)46-4)9-7-10-26(21)27-11-8-12-30(22(27)2)40-35(43)31-17-34(45-3)28(18-39-31)37(47-5)48-6/h7-18,32,37,42H,19-20H2,1-6H3,(H,40,43)/b29-15-. The Hall–Kier alpha value is -5.14. The third-order valence-electron chi connectivity index (χ3n) is 8.44. The second kappa shape index (κ2) is 15.4. The number of rotatable bonds is 12. The third kappa shape index (κ3) is 7.32. The molecule has 2 N–H and O–H groups in total. The first-order valence-electron chi connectivity index (χ1n) is 15.4. The number of halogens is 1. The Morgan fingerprint density at radius 3 is 2.41 bits per heavy atom. The zero-order valence-electron chi connectivity index (χ0n) is 28.1. The highest BCUT2D eigenvalue weighted by molar-refractivity contribution is 6.04. The number of esters is 1. The fourth-order valence-electron chi connectivity index (χ4n) is 5.68. The predicted molar refractivity (Wildman–Crippen MR) is 181 cm³/mol. The molecule has 0 radical (unpaired) electrons. The minimum Gasteiger partial charge on any atom is -0.496 e. The normalized spacial score (nSPS) is 13.5. The largest absolute Gasteiger partial charge is 0.496 e. The van der Waals surface area contributed by atoms with Gasteiger partial charge in [0.2, 0.25) is 0 Å². The van der Waals surface area contributed by atoms with Crippen molar-refractivity contribution in [3.8, 4) is 22.6 Å². The monoisotopic (exact) mass is 671 g/mol. The van der Waals surface area contributed by atoms with Crippen molar-refractivity contribution in [3.05, 3.63) is 106 Å². The van der Waals surface area contributed by atoms with Crippen LogP contribution in [-0.4, -0.2) is 68.1 Å². The molecule has 12 heteroatoms. The van der Waals surface area contributed by atoms with E-state index < -0.39 is 36.6 Å². The highest BCUT2D eigenvalue weighted by Gasteiger charge is 2.33. The van der Waals surface area contributed by atoms with Crippen LogP contribution in [0.3, 0.4) is 0 Å². The first-order valence-corrected chi connectivity index (χ1v) is 15.4. The van der Waals surface area contributed by atoms with Crippen molar-refractivity contribution in [2.45, 2.75) is 32.7 Å². The zero-order chi connectivity index (χ0) is 35.2. The van der Waals surface area contributed by atoms with Crippen LogP contribution in [0.25, 0.3) is 23.0 Å². The maximum Gasteiger partial charge on any atom is 0.328 e. The Balaban J connectivity index is 1.37. The smallest absolute Gasteiger partial charge is 0.328 e. The molecule has 0 bridgehead atoms. The van der Waals surface area contributed by atoms with Crippen LogP contribution in [0, 0.1) is 13.8 Å². The molecule has 1 atom stereocenters. The average molecular weight is 672 g/mol. The molecule has 1 aromatic heterocycles. The average Bonchev–Trinajstić information content (AvgIpc) is 3.54. The number of hydrogen-bond acceptors (Lipinski definition) is 10. The van der Waals surface area contributed by atoms with Gasteiger partial charge in [0.15, 0.2) is 18.1 Å². The Labute approximate surface area is 283 Å². The van der Waals surface area contributed by atoms with Crippen LogP contribution >= 0.6 is 0 Å². The summed E-state index contributed by atoms with van der Waals surface area (Å²) < 4.78 is 36.5. The molecule has 49 heavy (non-hydrogen) atoms. The molecule has 0 saturated carbocycles. The van der Waals surface area contributed by atoms with E-state index in [4.69, 9.17) is 23.8 Å². The van der Waals surface area contributed by atoms with Gasteiger partial charge in [-0.2, -0.15) is 0 Å². The number of aromatic nitrogens is 1. The van der Waals surface area contributed by atoms with E-state index in [1.807, 2.05) is 44.2 Å². The number of benzene rings is 3. The van der Waals surface area contributed by atoms with Crippen LogP contribution in [-0.2, 0) is 25.5 Å². The van der Waals surface area contributed by atoms with Crippen molar-refractivity contribution in [1.82, 2.24) is 10.0 Å². The van der Waals surface area contributed by atoms with E-state index >= 15 is 4.39 Å². The first-order chi connectivity index (χ1) is 23.6. The van der Waals surface area contributed by atoms with Gasteiger partial charge in [-0.3, -0.25) is 14.6 Å². The van der Waals surface area contributed by atoms with Crippen molar-refractivity contribution in [2.75, 3.05) is 40.4 Å². The van der Waals surface area contributed by atoms with E-state index in [9.17, 15) is 14.7 Å². The summed E-state index contributed by atoms with van der Waals surface area (Å²) in [6, 6.07) is 16.7. The van der Waals surface area contributed by atoms with E-state index in [1.54, 1.807) is 24.3 Å². The maximum atomic E-state index is 15.7. The van der Waals surface area contributed by atoms with Crippen LogP contribution in [0.5, 0.6) is 11.5 Å². The number of aliphatic hydroxyl groups excluding tert-OH is 1. The molecule has 3 aromatic carbocycles. The summed E-state index contributed by atoms with van der Waals surface area (Å²) >= 11 is 0.